The van der Waals surface area contributed by atoms with Crippen LogP contribution in [0.5, 0.6) is 0 Å². The Labute approximate surface area is 109 Å². The van der Waals surface area contributed by atoms with E-state index in [1.54, 1.807) is 0 Å². The maximum atomic E-state index is 12.0. The zero-order valence-electron chi connectivity index (χ0n) is 11.2. The van der Waals surface area contributed by atoms with Crippen LogP contribution in [0.4, 0.5) is 0 Å². The molecule has 0 bridgehead atoms. The van der Waals surface area contributed by atoms with E-state index in [4.69, 9.17) is 11.5 Å². The summed E-state index contributed by atoms with van der Waals surface area (Å²) in [5.74, 6) is 0.124. The van der Waals surface area contributed by atoms with Gasteiger partial charge in [0.05, 0.1) is 0 Å². The highest BCUT2D eigenvalue weighted by Crippen LogP contribution is 2.28. The highest BCUT2D eigenvalue weighted by Gasteiger charge is 2.32. The van der Waals surface area contributed by atoms with Gasteiger partial charge in [-0.3, -0.25) is 9.59 Å². The van der Waals surface area contributed by atoms with E-state index >= 15 is 0 Å². The molecule has 1 saturated carbocycles. The first kappa shape index (κ1) is 15.0. The summed E-state index contributed by atoms with van der Waals surface area (Å²) in [6.07, 6.45) is 4.90. The summed E-state index contributed by atoms with van der Waals surface area (Å²) in [5, 5.41) is 2.93. The van der Waals surface area contributed by atoms with Crippen LogP contribution in [0.15, 0.2) is 0 Å². The molecule has 0 spiro atoms. The Hall–Kier alpha value is -1.10. The van der Waals surface area contributed by atoms with Crippen LogP contribution in [0.25, 0.3) is 0 Å². The molecule has 0 aliphatic heterocycles. The number of primary amides is 1. The molecule has 1 aliphatic rings. The smallest absolute Gasteiger partial charge is 0.223 e. The monoisotopic (exact) mass is 255 g/mol. The van der Waals surface area contributed by atoms with Gasteiger partial charge in [-0.25, -0.2) is 0 Å². The second-order valence-corrected chi connectivity index (χ2v) is 5.27. The standard InChI is InChI=1S/C13H25N3O2/c1-9-10(5-4-6-11(9)14)13(18)16-8-3-2-7-12(15)17/h9-11H,2-8,14H2,1H3,(H2,15,17)(H,16,18). The number of hydrogen-bond donors (Lipinski definition) is 3. The summed E-state index contributed by atoms with van der Waals surface area (Å²) in [7, 11) is 0. The Kier molecular flexibility index (Phi) is 6.12. The van der Waals surface area contributed by atoms with Crippen molar-refractivity contribution < 1.29 is 9.59 Å². The zero-order chi connectivity index (χ0) is 13.5. The van der Waals surface area contributed by atoms with Crippen molar-refractivity contribution in [3.05, 3.63) is 0 Å². The average Bonchev–Trinajstić information content (AvgIpc) is 2.31. The first-order valence-electron chi connectivity index (χ1n) is 6.84. The zero-order valence-corrected chi connectivity index (χ0v) is 11.2. The Morgan fingerprint density at radius 2 is 2.00 bits per heavy atom. The summed E-state index contributed by atoms with van der Waals surface area (Å²) >= 11 is 0. The van der Waals surface area contributed by atoms with Crippen molar-refractivity contribution in [2.75, 3.05) is 6.54 Å². The fraction of sp³-hybridized carbons (Fsp3) is 0.846. The van der Waals surface area contributed by atoms with Gasteiger partial charge in [0.15, 0.2) is 0 Å². The van der Waals surface area contributed by atoms with E-state index in [2.05, 4.69) is 12.2 Å². The number of nitrogens with two attached hydrogens (primary N) is 2. The average molecular weight is 255 g/mol. The number of amides is 2. The van der Waals surface area contributed by atoms with Gasteiger partial charge < -0.3 is 16.8 Å². The number of unbranched alkanes of at least 4 members (excludes halogenated alkanes) is 1. The lowest BCUT2D eigenvalue weighted by Gasteiger charge is -2.32. The molecular weight excluding hydrogens is 230 g/mol. The minimum atomic E-state index is -0.284. The fourth-order valence-electron chi connectivity index (χ4n) is 2.53. The van der Waals surface area contributed by atoms with Crippen molar-refractivity contribution in [3.63, 3.8) is 0 Å². The second-order valence-electron chi connectivity index (χ2n) is 5.27. The van der Waals surface area contributed by atoms with Crippen molar-refractivity contribution in [2.45, 2.75) is 51.5 Å². The van der Waals surface area contributed by atoms with E-state index in [0.29, 0.717) is 13.0 Å². The third-order valence-electron chi connectivity index (χ3n) is 3.85. The van der Waals surface area contributed by atoms with Crippen LogP contribution in [-0.4, -0.2) is 24.4 Å². The van der Waals surface area contributed by atoms with Gasteiger partial charge in [0.2, 0.25) is 11.8 Å². The molecule has 5 nitrogen and oxygen atoms in total. The molecule has 3 unspecified atom stereocenters. The van der Waals surface area contributed by atoms with E-state index in [1.165, 1.54) is 0 Å². The van der Waals surface area contributed by atoms with Gasteiger partial charge in [-0.2, -0.15) is 0 Å². The number of carbonyl (C=O) groups is 2. The lowest BCUT2D eigenvalue weighted by Crippen LogP contribution is -2.44. The van der Waals surface area contributed by atoms with Gasteiger partial charge in [-0.15, -0.1) is 0 Å². The molecule has 0 aromatic heterocycles. The largest absolute Gasteiger partial charge is 0.370 e. The van der Waals surface area contributed by atoms with Crippen LogP contribution in [0.1, 0.15) is 45.4 Å². The molecule has 1 rings (SSSR count). The Morgan fingerprint density at radius 1 is 1.28 bits per heavy atom. The number of hydrogen-bond acceptors (Lipinski definition) is 3. The van der Waals surface area contributed by atoms with Crippen molar-refractivity contribution in [1.29, 1.82) is 0 Å². The molecule has 2 amide bonds. The number of nitrogens with one attached hydrogen (secondary N) is 1. The van der Waals surface area contributed by atoms with Crippen LogP contribution in [0.3, 0.4) is 0 Å². The van der Waals surface area contributed by atoms with Gasteiger partial charge >= 0.3 is 0 Å². The Morgan fingerprint density at radius 3 is 2.67 bits per heavy atom. The highest BCUT2D eigenvalue weighted by atomic mass is 16.2. The molecular formula is C13H25N3O2. The highest BCUT2D eigenvalue weighted by molar-refractivity contribution is 5.79. The second kappa shape index (κ2) is 7.36. The number of rotatable bonds is 6. The normalized spacial score (nSPS) is 27.8. The molecule has 104 valence electrons. The summed E-state index contributed by atoms with van der Waals surface area (Å²) in [6.45, 7) is 2.67. The molecule has 18 heavy (non-hydrogen) atoms. The van der Waals surface area contributed by atoms with Crippen molar-refractivity contribution in [3.8, 4) is 0 Å². The molecule has 1 aliphatic carbocycles. The molecule has 5 heteroatoms. The van der Waals surface area contributed by atoms with Gasteiger partial charge in [0, 0.05) is 24.9 Å². The molecule has 3 atom stereocenters. The van der Waals surface area contributed by atoms with Gasteiger partial charge in [0.25, 0.3) is 0 Å². The van der Waals surface area contributed by atoms with E-state index in [1.807, 2.05) is 0 Å². The summed E-state index contributed by atoms with van der Waals surface area (Å²) in [6, 6.07) is 0.143. The molecule has 0 radical (unpaired) electrons. The van der Waals surface area contributed by atoms with E-state index < -0.39 is 0 Å². The summed E-state index contributed by atoms with van der Waals surface area (Å²) < 4.78 is 0. The quantitative estimate of drug-likeness (QED) is 0.603. The van der Waals surface area contributed by atoms with E-state index in [0.717, 1.165) is 32.1 Å². The topological polar surface area (TPSA) is 98.2 Å². The molecule has 0 saturated heterocycles. The van der Waals surface area contributed by atoms with Crippen LogP contribution in [0.2, 0.25) is 0 Å². The van der Waals surface area contributed by atoms with Crippen LogP contribution in [-0.2, 0) is 9.59 Å². The minimum Gasteiger partial charge on any atom is -0.370 e. The van der Waals surface area contributed by atoms with Gasteiger partial charge in [0.1, 0.15) is 0 Å². The van der Waals surface area contributed by atoms with Crippen LogP contribution < -0.4 is 16.8 Å². The minimum absolute atomic E-state index is 0.0462. The molecule has 1 fully saturated rings. The van der Waals surface area contributed by atoms with Gasteiger partial charge in [-0.05, 0) is 31.6 Å². The predicted molar refractivity (Wildman–Crippen MR) is 70.5 cm³/mol. The van der Waals surface area contributed by atoms with Crippen LogP contribution in [0, 0.1) is 11.8 Å². The maximum Gasteiger partial charge on any atom is 0.223 e. The summed E-state index contributed by atoms with van der Waals surface area (Å²) in [5.41, 5.74) is 11.0. The van der Waals surface area contributed by atoms with E-state index in [-0.39, 0.29) is 29.7 Å². The molecule has 0 aromatic rings. The number of carbonyl (C=O) groups excluding carboxylic acids is 2. The third kappa shape index (κ3) is 4.64. The fourth-order valence-corrected chi connectivity index (χ4v) is 2.53. The first-order valence-corrected chi connectivity index (χ1v) is 6.84. The SMILES string of the molecule is CC1C(N)CCCC1C(=O)NCCCCC(N)=O. The molecule has 5 N–H and O–H groups in total. The molecule has 0 aromatic carbocycles. The summed E-state index contributed by atoms with van der Waals surface area (Å²) in [4.78, 5) is 22.5. The lowest BCUT2D eigenvalue weighted by atomic mass is 9.77. The third-order valence-corrected chi connectivity index (χ3v) is 3.85. The predicted octanol–water partition coefficient (Wildman–Crippen LogP) is 0.522. The Balaban J connectivity index is 2.21. The van der Waals surface area contributed by atoms with E-state index in [9.17, 15) is 9.59 Å². The van der Waals surface area contributed by atoms with Crippen molar-refractivity contribution in [2.24, 2.45) is 23.3 Å². The first-order chi connectivity index (χ1) is 8.52. The van der Waals surface area contributed by atoms with Crippen molar-refractivity contribution in [1.82, 2.24) is 5.32 Å². The van der Waals surface area contributed by atoms with Gasteiger partial charge in [-0.1, -0.05) is 13.3 Å². The van der Waals surface area contributed by atoms with Crippen LogP contribution >= 0.6 is 0 Å². The molecule has 0 heterocycles. The maximum absolute atomic E-state index is 12.0. The lowest BCUT2D eigenvalue weighted by molar-refractivity contribution is -0.127. The Bertz CT molecular complexity index is 294. The van der Waals surface area contributed by atoms with Crippen molar-refractivity contribution >= 4 is 11.8 Å².